The summed E-state index contributed by atoms with van der Waals surface area (Å²) in [6, 6.07) is 11.7. The Morgan fingerprint density at radius 1 is 0.917 bits per heavy atom. The summed E-state index contributed by atoms with van der Waals surface area (Å²) in [6.45, 7) is 13.5. The molecule has 1 saturated heterocycles. The van der Waals surface area contributed by atoms with Gasteiger partial charge in [0.1, 0.15) is 24.3 Å². The Morgan fingerprint density at radius 2 is 1.52 bits per heavy atom. The molecule has 0 saturated carbocycles. The van der Waals surface area contributed by atoms with Gasteiger partial charge >= 0.3 is 0 Å². The summed E-state index contributed by atoms with van der Waals surface area (Å²) in [5.74, 6) is 0.597. The lowest BCUT2D eigenvalue weighted by Crippen LogP contribution is -2.41. The molecule has 0 aliphatic carbocycles. The monoisotopic (exact) mass is 659 g/mol. The van der Waals surface area contributed by atoms with Crippen LogP contribution in [0.1, 0.15) is 80.4 Å². The second kappa shape index (κ2) is 13.5. The maximum Gasteiger partial charge on any atom is 0.251 e. The molecule has 13 heteroatoms. The fourth-order valence-electron chi connectivity index (χ4n) is 5.75. The van der Waals surface area contributed by atoms with E-state index >= 15 is 0 Å². The van der Waals surface area contributed by atoms with E-state index in [4.69, 9.17) is 9.47 Å². The number of aliphatic hydroxyl groups is 2. The number of carbonyl (C=O) groups excluding carboxylic acids is 2. The van der Waals surface area contributed by atoms with Gasteiger partial charge < -0.3 is 35.6 Å². The molecule has 0 radical (unpaired) electrons. The van der Waals surface area contributed by atoms with Crippen LogP contribution in [-0.2, 0) is 33.5 Å². The maximum atomic E-state index is 13.4. The average Bonchev–Trinajstić information content (AvgIpc) is 3.61. The van der Waals surface area contributed by atoms with Gasteiger partial charge in [0.05, 0.1) is 13.4 Å². The van der Waals surface area contributed by atoms with E-state index in [1.54, 1.807) is 7.11 Å². The molecule has 48 heavy (non-hydrogen) atoms. The van der Waals surface area contributed by atoms with Crippen molar-refractivity contribution in [3.63, 3.8) is 0 Å². The highest BCUT2D eigenvalue weighted by Gasteiger charge is 2.47. The van der Waals surface area contributed by atoms with Crippen LogP contribution in [0.4, 0.5) is 5.82 Å². The number of fused-ring (bicyclic) bond motifs is 1. The van der Waals surface area contributed by atoms with Gasteiger partial charge in [0.25, 0.3) is 11.8 Å². The molecule has 5 rings (SSSR count). The second-order valence-electron chi connectivity index (χ2n) is 14.0. The van der Waals surface area contributed by atoms with Gasteiger partial charge in [-0.15, -0.1) is 0 Å². The summed E-state index contributed by atoms with van der Waals surface area (Å²) in [7, 11) is 3.10. The first kappa shape index (κ1) is 34.7. The number of methoxy groups -OCH3 is 1. The van der Waals surface area contributed by atoms with Crippen molar-refractivity contribution in [3.05, 3.63) is 76.9 Å². The summed E-state index contributed by atoms with van der Waals surface area (Å²) in [6.07, 6.45) is -2.27. The van der Waals surface area contributed by atoms with Crippen molar-refractivity contribution in [2.45, 2.75) is 90.0 Å². The molecular weight excluding hydrogens is 614 g/mol. The largest absolute Gasteiger partial charge is 0.496 e. The maximum absolute atomic E-state index is 13.4. The SMILES string of the molecule is CNC(=O)[C@H]1O[C@@H](n2cnc3c(NCc4ccc(CNC(=O)c5cc(C(C)(C)C)c(OC)c(C(C)(C)C)c5)cc4)ncnc32)C(O)C1O. The minimum Gasteiger partial charge on any atom is -0.496 e. The zero-order valence-electron chi connectivity index (χ0n) is 28.7. The molecule has 13 nitrogen and oxygen atoms in total. The first-order chi connectivity index (χ1) is 22.6. The van der Waals surface area contributed by atoms with E-state index in [-0.39, 0.29) is 16.7 Å². The predicted octanol–water partition coefficient (Wildman–Crippen LogP) is 3.34. The summed E-state index contributed by atoms with van der Waals surface area (Å²) < 4.78 is 13.0. The van der Waals surface area contributed by atoms with Crippen LogP contribution >= 0.6 is 0 Å². The highest BCUT2D eigenvalue weighted by Crippen LogP contribution is 2.40. The summed E-state index contributed by atoms with van der Waals surface area (Å²) in [4.78, 5) is 38.5. The fraction of sp³-hybridized carbons (Fsp3) is 0.457. The van der Waals surface area contributed by atoms with E-state index in [1.165, 1.54) is 24.3 Å². The number of hydrogen-bond donors (Lipinski definition) is 5. The number of nitrogens with one attached hydrogen (secondary N) is 3. The van der Waals surface area contributed by atoms with Crippen molar-refractivity contribution < 1.29 is 29.3 Å². The number of hydrogen-bond acceptors (Lipinski definition) is 10. The van der Waals surface area contributed by atoms with Crippen LogP contribution in [-0.4, -0.2) is 74.0 Å². The fourth-order valence-corrected chi connectivity index (χ4v) is 5.75. The zero-order chi connectivity index (χ0) is 35.0. The van der Waals surface area contributed by atoms with E-state index < -0.39 is 30.4 Å². The molecule has 1 aliphatic heterocycles. The van der Waals surface area contributed by atoms with Crippen molar-refractivity contribution in [2.75, 3.05) is 19.5 Å². The number of benzene rings is 2. The predicted molar refractivity (Wildman–Crippen MR) is 181 cm³/mol. The molecule has 0 bridgehead atoms. The number of ether oxygens (including phenoxy) is 2. The minimum atomic E-state index is -1.41. The number of likely N-dealkylation sites (N-methyl/N-ethyl adjacent to an activating group) is 1. The van der Waals surface area contributed by atoms with E-state index in [0.717, 1.165) is 28.0 Å². The molecule has 1 fully saturated rings. The lowest BCUT2D eigenvalue weighted by atomic mass is 9.78. The third-order valence-electron chi connectivity index (χ3n) is 8.48. The molecule has 2 unspecified atom stereocenters. The van der Waals surface area contributed by atoms with Crippen molar-refractivity contribution in [1.82, 2.24) is 30.2 Å². The quantitative estimate of drug-likeness (QED) is 0.179. The molecular formula is C35H45N7O6. The molecule has 4 aromatic rings. The van der Waals surface area contributed by atoms with Crippen molar-refractivity contribution in [1.29, 1.82) is 0 Å². The Labute approximate surface area is 280 Å². The Morgan fingerprint density at radius 3 is 2.08 bits per heavy atom. The second-order valence-corrected chi connectivity index (χ2v) is 14.0. The van der Waals surface area contributed by atoms with E-state index in [1.807, 2.05) is 36.4 Å². The molecule has 1 aliphatic rings. The van der Waals surface area contributed by atoms with Gasteiger partial charge in [-0.3, -0.25) is 14.2 Å². The summed E-state index contributed by atoms with van der Waals surface area (Å²) in [5, 5.41) is 29.7. The highest BCUT2D eigenvalue weighted by atomic mass is 16.6. The van der Waals surface area contributed by atoms with Crippen LogP contribution in [0, 0.1) is 0 Å². The number of imidazole rings is 1. The van der Waals surface area contributed by atoms with Crippen molar-refractivity contribution in [2.24, 2.45) is 0 Å². The van der Waals surface area contributed by atoms with Crippen LogP contribution < -0.4 is 20.7 Å². The number of aromatic nitrogens is 4. The Balaban J connectivity index is 1.24. The minimum absolute atomic E-state index is 0.152. The number of amides is 2. The van der Waals surface area contributed by atoms with Gasteiger partial charge in [-0.2, -0.15) is 0 Å². The zero-order valence-corrected chi connectivity index (χ0v) is 28.7. The molecule has 2 aromatic heterocycles. The lowest BCUT2D eigenvalue weighted by molar-refractivity contribution is -0.137. The molecule has 0 spiro atoms. The normalized spacial score (nSPS) is 19.7. The molecule has 4 atom stereocenters. The summed E-state index contributed by atoms with van der Waals surface area (Å²) in [5.41, 5.74) is 4.89. The molecule has 5 N–H and O–H groups in total. The molecule has 2 amide bonds. The van der Waals surface area contributed by atoms with Gasteiger partial charge in [-0.05, 0) is 34.1 Å². The highest BCUT2D eigenvalue weighted by molar-refractivity contribution is 5.95. The Hall–Kier alpha value is -4.59. The number of anilines is 1. The first-order valence-electron chi connectivity index (χ1n) is 15.9. The van der Waals surface area contributed by atoms with Gasteiger partial charge in [0.2, 0.25) is 0 Å². The van der Waals surface area contributed by atoms with E-state index in [9.17, 15) is 19.8 Å². The van der Waals surface area contributed by atoms with Gasteiger partial charge in [0.15, 0.2) is 29.3 Å². The third-order valence-corrected chi connectivity index (χ3v) is 8.48. The Bertz CT molecular complexity index is 1760. The number of aliphatic hydroxyl groups excluding tert-OH is 2. The van der Waals surface area contributed by atoms with Crippen LogP contribution in [0.15, 0.2) is 49.1 Å². The van der Waals surface area contributed by atoms with Crippen LogP contribution in [0.25, 0.3) is 11.2 Å². The topological polar surface area (TPSA) is 173 Å². The summed E-state index contributed by atoms with van der Waals surface area (Å²) >= 11 is 0. The van der Waals surface area contributed by atoms with E-state index in [2.05, 4.69) is 72.4 Å². The van der Waals surface area contributed by atoms with Crippen molar-refractivity contribution in [3.8, 4) is 5.75 Å². The first-order valence-corrected chi connectivity index (χ1v) is 15.9. The molecule has 3 heterocycles. The number of carbonyl (C=O) groups is 2. The van der Waals surface area contributed by atoms with Crippen molar-refractivity contribution >= 4 is 28.8 Å². The molecule has 2 aromatic carbocycles. The standard InChI is InChI=1S/C35H45N7O6/c1-34(2,3)22-13-21(14-23(27(22)47-8)35(4,5)6)31(45)38-16-20-11-9-19(10-12-20)15-37-29-24-30(40-17-39-29)42(18-41-24)33-26(44)25(43)28(48-33)32(46)36-7/h9-14,17-18,25-26,28,33,43-44H,15-16H2,1-8H3,(H,36,46)(H,38,45)(H,37,39,40)/t25?,26?,28-,33+/m0/s1. The third kappa shape index (κ3) is 6.98. The smallest absolute Gasteiger partial charge is 0.251 e. The average molecular weight is 660 g/mol. The van der Waals surface area contributed by atoms with Crippen LogP contribution in [0.2, 0.25) is 0 Å². The number of rotatable bonds is 9. The molecule has 256 valence electrons. The van der Waals surface area contributed by atoms with Gasteiger partial charge in [-0.25, -0.2) is 15.0 Å². The lowest BCUT2D eigenvalue weighted by Gasteiger charge is -2.29. The van der Waals surface area contributed by atoms with Gasteiger partial charge in [-0.1, -0.05) is 65.8 Å². The number of nitrogens with zero attached hydrogens (tertiary/aromatic N) is 4. The van der Waals surface area contributed by atoms with Crippen LogP contribution in [0.3, 0.4) is 0 Å². The van der Waals surface area contributed by atoms with E-state index in [0.29, 0.717) is 35.6 Å². The van der Waals surface area contributed by atoms with Gasteiger partial charge in [0, 0.05) is 36.8 Å². The van der Waals surface area contributed by atoms with Crippen LogP contribution in [0.5, 0.6) is 5.75 Å². The Kier molecular flexibility index (Phi) is 9.77.